The summed E-state index contributed by atoms with van der Waals surface area (Å²) in [6.45, 7) is 3.55. The molecule has 1 aliphatic rings. The second-order valence-corrected chi connectivity index (χ2v) is 8.97. The third-order valence-corrected chi connectivity index (χ3v) is 6.68. The Morgan fingerprint density at radius 3 is 2.38 bits per heavy atom. The highest BCUT2D eigenvalue weighted by Crippen LogP contribution is 2.31. The number of aromatic nitrogens is 2. The van der Waals surface area contributed by atoms with Gasteiger partial charge in [-0.15, -0.1) is 0 Å². The standard InChI is InChI=1S/C21H24N4O3S/c1-15-12-13-25(14-19(15)28-2)21-20(22-17-10-6-7-11-18(17)23-21)24-29(26,27)16-8-4-3-5-9-16/h3-11,15,19H,12-14H2,1-2H3,(H,22,24). The van der Waals surface area contributed by atoms with Crippen LogP contribution in [0.1, 0.15) is 13.3 Å². The van der Waals surface area contributed by atoms with Crippen LogP contribution in [0.2, 0.25) is 0 Å². The molecule has 152 valence electrons. The number of nitrogens with zero attached hydrogens (tertiary/aromatic N) is 3. The van der Waals surface area contributed by atoms with E-state index in [1.807, 2.05) is 24.3 Å². The summed E-state index contributed by atoms with van der Waals surface area (Å²) in [5.74, 6) is 1.18. The van der Waals surface area contributed by atoms with Gasteiger partial charge in [-0.05, 0) is 36.6 Å². The fourth-order valence-corrected chi connectivity index (χ4v) is 4.62. The predicted molar refractivity (Wildman–Crippen MR) is 114 cm³/mol. The van der Waals surface area contributed by atoms with Gasteiger partial charge in [-0.3, -0.25) is 4.72 Å². The predicted octanol–water partition coefficient (Wildman–Crippen LogP) is 3.29. The highest BCUT2D eigenvalue weighted by atomic mass is 32.2. The summed E-state index contributed by atoms with van der Waals surface area (Å²) in [5, 5.41) is 0. The third kappa shape index (κ3) is 4.04. The zero-order chi connectivity index (χ0) is 20.4. The van der Waals surface area contributed by atoms with Gasteiger partial charge in [0.2, 0.25) is 0 Å². The molecule has 8 heteroatoms. The van der Waals surface area contributed by atoms with Gasteiger partial charge >= 0.3 is 0 Å². The fourth-order valence-electron chi connectivity index (χ4n) is 3.60. The molecule has 29 heavy (non-hydrogen) atoms. The molecule has 0 amide bonds. The van der Waals surface area contributed by atoms with Crippen molar-refractivity contribution in [3.8, 4) is 0 Å². The molecule has 3 aromatic rings. The molecule has 1 fully saturated rings. The van der Waals surface area contributed by atoms with E-state index in [1.165, 1.54) is 0 Å². The first kappa shape index (κ1) is 19.6. The Balaban J connectivity index is 1.77. The maximum absolute atomic E-state index is 12.9. The van der Waals surface area contributed by atoms with Crippen LogP contribution in [0.3, 0.4) is 0 Å². The van der Waals surface area contributed by atoms with Gasteiger partial charge in [0.15, 0.2) is 11.6 Å². The highest BCUT2D eigenvalue weighted by Gasteiger charge is 2.30. The minimum Gasteiger partial charge on any atom is -0.379 e. The zero-order valence-electron chi connectivity index (χ0n) is 16.4. The summed E-state index contributed by atoms with van der Waals surface area (Å²) in [6.07, 6.45) is 0.980. The first-order valence-electron chi connectivity index (χ1n) is 9.60. The van der Waals surface area contributed by atoms with Crippen molar-refractivity contribution >= 4 is 32.7 Å². The van der Waals surface area contributed by atoms with E-state index < -0.39 is 10.0 Å². The number of hydrogen-bond acceptors (Lipinski definition) is 6. The molecule has 2 atom stereocenters. The summed E-state index contributed by atoms with van der Waals surface area (Å²) in [6, 6.07) is 15.7. The summed E-state index contributed by atoms with van der Waals surface area (Å²) in [5.41, 5.74) is 1.36. The first-order chi connectivity index (χ1) is 14.0. The minimum atomic E-state index is -3.78. The molecule has 0 aliphatic carbocycles. The van der Waals surface area contributed by atoms with Crippen LogP contribution in [0.25, 0.3) is 11.0 Å². The van der Waals surface area contributed by atoms with Crippen molar-refractivity contribution in [2.45, 2.75) is 24.3 Å². The average molecular weight is 413 g/mol. The van der Waals surface area contributed by atoms with Crippen LogP contribution in [0, 0.1) is 5.92 Å². The van der Waals surface area contributed by atoms with Crippen molar-refractivity contribution in [3.05, 3.63) is 54.6 Å². The maximum Gasteiger partial charge on any atom is 0.263 e. The molecule has 4 rings (SSSR count). The summed E-state index contributed by atoms with van der Waals surface area (Å²) in [4.78, 5) is 11.6. The number of nitrogens with one attached hydrogen (secondary N) is 1. The van der Waals surface area contributed by atoms with Crippen LogP contribution < -0.4 is 9.62 Å². The number of fused-ring (bicyclic) bond motifs is 1. The van der Waals surface area contributed by atoms with E-state index in [-0.39, 0.29) is 16.8 Å². The summed E-state index contributed by atoms with van der Waals surface area (Å²) >= 11 is 0. The Hall–Kier alpha value is -2.71. The number of ether oxygens (including phenoxy) is 1. The molecular formula is C21H24N4O3S. The Morgan fingerprint density at radius 1 is 1.03 bits per heavy atom. The highest BCUT2D eigenvalue weighted by molar-refractivity contribution is 7.92. The molecule has 2 aromatic carbocycles. The van der Waals surface area contributed by atoms with E-state index in [0.717, 1.165) is 18.5 Å². The minimum absolute atomic E-state index is 0.0515. The molecule has 1 aromatic heterocycles. The number of methoxy groups -OCH3 is 1. The molecule has 1 N–H and O–H groups in total. The van der Waals surface area contributed by atoms with Crippen LogP contribution in [0.15, 0.2) is 59.5 Å². The molecule has 7 nitrogen and oxygen atoms in total. The number of piperidine rings is 1. The normalized spacial score (nSPS) is 20.0. The lowest BCUT2D eigenvalue weighted by Gasteiger charge is -2.37. The first-order valence-corrected chi connectivity index (χ1v) is 11.1. The maximum atomic E-state index is 12.9. The summed E-state index contributed by atoms with van der Waals surface area (Å²) in [7, 11) is -2.08. The van der Waals surface area contributed by atoms with Gasteiger partial charge in [0.05, 0.1) is 22.0 Å². The second-order valence-electron chi connectivity index (χ2n) is 7.29. The average Bonchev–Trinajstić information content (AvgIpc) is 2.74. The van der Waals surface area contributed by atoms with Crippen LogP contribution >= 0.6 is 0 Å². The monoisotopic (exact) mass is 412 g/mol. The number of anilines is 2. The fraction of sp³-hybridized carbons (Fsp3) is 0.333. The molecule has 2 unspecified atom stereocenters. The Kier molecular flexibility index (Phi) is 5.38. The van der Waals surface area contributed by atoms with E-state index in [0.29, 0.717) is 23.8 Å². The van der Waals surface area contributed by atoms with Crippen LogP contribution in [-0.2, 0) is 14.8 Å². The molecule has 1 aliphatic heterocycles. The largest absolute Gasteiger partial charge is 0.379 e. The lowest BCUT2D eigenvalue weighted by Crippen LogP contribution is -2.44. The van der Waals surface area contributed by atoms with Gasteiger partial charge in [0.1, 0.15) is 0 Å². The van der Waals surface area contributed by atoms with E-state index >= 15 is 0 Å². The van der Waals surface area contributed by atoms with E-state index in [9.17, 15) is 8.42 Å². The molecule has 2 heterocycles. The van der Waals surface area contributed by atoms with Crippen molar-refractivity contribution in [2.75, 3.05) is 29.8 Å². The lowest BCUT2D eigenvalue weighted by atomic mass is 9.96. The van der Waals surface area contributed by atoms with Crippen molar-refractivity contribution < 1.29 is 13.2 Å². The van der Waals surface area contributed by atoms with E-state index in [4.69, 9.17) is 9.72 Å². The molecule has 1 saturated heterocycles. The number of sulfonamides is 1. The number of hydrogen-bond donors (Lipinski definition) is 1. The van der Waals surface area contributed by atoms with Crippen molar-refractivity contribution in [1.82, 2.24) is 9.97 Å². The quantitative estimate of drug-likeness (QED) is 0.692. The molecule has 0 spiro atoms. The van der Waals surface area contributed by atoms with Gasteiger partial charge in [-0.25, -0.2) is 18.4 Å². The zero-order valence-corrected chi connectivity index (χ0v) is 17.3. The van der Waals surface area contributed by atoms with Crippen LogP contribution in [0.4, 0.5) is 11.6 Å². The van der Waals surface area contributed by atoms with Crippen molar-refractivity contribution in [3.63, 3.8) is 0 Å². The lowest BCUT2D eigenvalue weighted by molar-refractivity contribution is 0.0497. The van der Waals surface area contributed by atoms with Crippen molar-refractivity contribution in [2.24, 2.45) is 5.92 Å². The third-order valence-electron chi connectivity index (χ3n) is 5.33. The number of para-hydroxylation sites is 2. The summed E-state index contributed by atoms with van der Waals surface area (Å²) < 4.78 is 34.1. The van der Waals surface area contributed by atoms with E-state index in [1.54, 1.807) is 37.4 Å². The Bertz CT molecular complexity index is 1110. The SMILES string of the molecule is COC1CN(c2nc3ccccc3nc2NS(=O)(=O)c2ccccc2)CCC1C. The topological polar surface area (TPSA) is 84.4 Å². The molecule has 0 saturated carbocycles. The van der Waals surface area contributed by atoms with Gasteiger partial charge < -0.3 is 9.64 Å². The van der Waals surface area contributed by atoms with Gasteiger partial charge in [-0.2, -0.15) is 0 Å². The smallest absolute Gasteiger partial charge is 0.263 e. The molecule has 0 bridgehead atoms. The number of rotatable bonds is 5. The van der Waals surface area contributed by atoms with Crippen LogP contribution in [-0.4, -0.2) is 44.7 Å². The Labute approximate surface area is 170 Å². The number of benzene rings is 2. The molecular weight excluding hydrogens is 388 g/mol. The second kappa shape index (κ2) is 7.96. The van der Waals surface area contributed by atoms with Gasteiger partial charge in [-0.1, -0.05) is 37.3 Å². The van der Waals surface area contributed by atoms with Gasteiger partial charge in [0, 0.05) is 20.2 Å². The van der Waals surface area contributed by atoms with Gasteiger partial charge in [0.25, 0.3) is 10.0 Å². The Morgan fingerprint density at radius 2 is 1.69 bits per heavy atom. The van der Waals surface area contributed by atoms with E-state index in [2.05, 4.69) is 21.5 Å². The van der Waals surface area contributed by atoms with Crippen LogP contribution in [0.5, 0.6) is 0 Å². The van der Waals surface area contributed by atoms with Crippen molar-refractivity contribution in [1.29, 1.82) is 0 Å². The molecule has 0 radical (unpaired) electrons.